The first-order valence-corrected chi connectivity index (χ1v) is 7.82. The fourth-order valence-corrected chi connectivity index (χ4v) is 3.02. The van der Waals surface area contributed by atoms with Gasteiger partial charge in [0.15, 0.2) is 5.65 Å². The second-order valence-corrected chi connectivity index (χ2v) is 5.62. The number of nitrogens with zero attached hydrogens (tertiary/aromatic N) is 4. The van der Waals surface area contributed by atoms with E-state index in [1.807, 2.05) is 6.20 Å². The molecule has 20 heavy (non-hydrogen) atoms. The van der Waals surface area contributed by atoms with Crippen LogP contribution in [0.3, 0.4) is 0 Å². The summed E-state index contributed by atoms with van der Waals surface area (Å²) in [7, 11) is 0. The summed E-state index contributed by atoms with van der Waals surface area (Å²) in [6.07, 6.45) is 12.4. The van der Waals surface area contributed by atoms with Gasteiger partial charge in [0.1, 0.15) is 12.1 Å². The molecule has 5 heteroatoms. The van der Waals surface area contributed by atoms with Gasteiger partial charge < -0.3 is 5.32 Å². The quantitative estimate of drug-likeness (QED) is 0.866. The molecule has 0 unspecified atom stereocenters. The molecule has 2 aromatic heterocycles. The van der Waals surface area contributed by atoms with Crippen molar-refractivity contribution < 1.29 is 0 Å². The van der Waals surface area contributed by atoms with E-state index in [9.17, 15) is 0 Å². The molecule has 2 heterocycles. The standard InChI is InChI=1S/C15H23N5/c1-2-9-16-14-13-10-19-20(15(13)18-11-17-14)12-7-5-3-4-6-8-12/h10-12H,2-9H2,1H3,(H,16,17,18). The van der Waals surface area contributed by atoms with E-state index in [0.717, 1.165) is 29.8 Å². The fourth-order valence-electron chi connectivity index (χ4n) is 3.02. The summed E-state index contributed by atoms with van der Waals surface area (Å²) in [6, 6.07) is 0.504. The summed E-state index contributed by atoms with van der Waals surface area (Å²) < 4.78 is 2.12. The van der Waals surface area contributed by atoms with Gasteiger partial charge in [-0.1, -0.05) is 32.6 Å². The van der Waals surface area contributed by atoms with Crippen LogP contribution in [0.15, 0.2) is 12.5 Å². The van der Waals surface area contributed by atoms with E-state index in [4.69, 9.17) is 0 Å². The molecule has 1 N–H and O–H groups in total. The molecule has 5 nitrogen and oxygen atoms in total. The molecule has 1 aliphatic rings. The predicted octanol–water partition coefficient (Wildman–Crippen LogP) is 3.54. The Labute approximate surface area is 119 Å². The highest BCUT2D eigenvalue weighted by Crippen LogP contribution is 2.30. The number of nitrogens with one attached hydrogen (secondary N) is 1. The highest BCUT2D eigenvalue weighted by molar-refractivity contribution is 5.86. The third kappa shape index (κ3) is 2.62. The molecular weight excluding hydrogens is 250 g/mol. The molecule has 1 fully saturated rings. The van der Waals surface area contributed by atoms with Gasteiger partial charge in [0.2, 0.25) is 0 Å². The zero-order chi connectivity index (χ0) is 13.8. The minimum Gasteiger partial charge on any atom is -0.369 e. The van der Waals surface area contributed by atoms with Gasteiger partial charge in [-0.05, 0) is 19.3 Å². The van der Waals surface area contributed by atoms with Crippen LogP contribution in [-0.2, 0) is 0 Å². The summed E-state index contributed by atoms with van der Waals surface area (Å²) >= 11 is 0. The van der Waals surface area contributed by atoms with Crippen LogP contribution in [0.25, 0.3) is 11.0 Å². The molecule has 0 atom stereocenters. The number of hydrogen-bond acceptors (Lipinski definition) is 4. The Bertz CT molecular complexity index is 554. The van der Waals surface area contributed by atoms with Gasteiger partial charge in [0, 0.05) is 6.54 Å². The predicted molar refractivity (Wildman–Crippen MR) is 80.8 cm³/mol. The average molecular weight is 273 g/mol. The topological polar surface area (TPSA) is 55.6 Å². The fraction of sp³-hybridized carbons (Fsp3) is 0.667. The second kappa shape index (κ2) is 6.20. The molecule has 2 aromatic rings. The van der Waals surface area contributed by atoms with Gasteiger partial charge in [-0.15, -0.1) is 0 Å². The van der Waals surface area contributed by atoms with Crippen molar-refractivity contribution in [3.8, 4) is 0 Å². The van der Waals surface area contributed by atoms with E-state index < -0.39 is 0 Å². The third-order valence-electron chi connectivity index (χ3n) is 4.10. The third-order valence-corrected chi connectivity index (χ3v) is 4.10. The van der Waals surface area contributed by atoms with Crippen molar-refractivity contribution in [1.82, 2.24) is 19.7 Å². The Morgan fingerprint density at radius 1 is 1.20 bits per heavy atom. The molecule has 0 spiro atoms. The summed E-state index contributed by atoms with van der Waals surface area (Å²) in [5.41, 5.74) is 0.977. The van der Waals surface area contributed by atoms with Crippen molar-refractivity contribution >= 4 is 16.9 Å². The number of rotatable bonds is 4. The van der Waals surface area contributed by atoms with Gasteiger partial charge >= 0.3 is 0 Å². The molecule has 3 rings (SSSR count). The summed E-state index contributed by atoms with van der Waals surface area (Å²) in [4.78, 5) is 8.81. The maximum atomic E-state index is 4.60. The highest BCUT2D eigenvalue weighted by Gasteiger charge is 2.18. The average Bonchev–Trinajstić information content (AvgIpc) is 2.73. The SMILES string of the molecule is CCCNc1ncnc2c1cnn2C1CCCCCC1. The van der Waals surface area contributed by atoms with Crippen molar-refractivity contribution in [2.24, 2.45) is 0 Å². The van der Waals surface area contributed by atoms with Crippen molar-refractivity contribution in [2.75, 3.05) is 11.9 Å². The first-order valence-electron chi connectivity index (χ1n) is 7.82. The molecule has 0 saturated heterocycles. The van der Waals surface area contributed by atoms with Gasteiger partial charge in [-0.3, -0.25) is 0 Å². The normalized spacial score (nSPS) is 17.2. The van der Waals surface area contributed by atoms with E-state index in [1.54, 1.807) is 6.33 Å². The first kappa shape index (κ1) is 13.3. The molecule has 1 aliphatic carbocycles. The van der Waals surface area contributed by atoms with E-state index in [-0.39, 0.29) is 0 Å². The Balaban J connectivity index is 1.92. The van der Waals surface area contributed by atoms with Gasteiger partial charge in [0.25, 0.3) is 0 Å². The van der Waals surface area contributed by atoms with Crippen LogP contribution in [0.4, 0.5) is 5.82 Å². The molecule has 108 valence electrons. The Hall–Kier alpha value is -1.65. The monoisotopic (exact) mass is 273 g/mol. The number of aromatic nitrogens is 4. The molecule has 0 aromatic carbocycles. The maximum absolute atomic E-state index is 4.60. The van der Waals surface area contributed by atoms with Crippen LogP contribution >= 0.6 is 0 Å². The van der Waals surface area contributed by atoms with Crippen LogP contribution < -0.4 is 5.32 Å². The largest absolute Gasteiger partial charge is 0.369 e. The summed E-state index contributed by atoms with van der Waals surface area (Å²) in [5, 5.41) is 9.01. The van der Waals surface area contributed by atoms with Crippen LogP contribution in [-0.4, -0.2) is 26.3 Å². The minimum atomic E-state index is 0.504. The zero-order valence-electron chi connectivity index (χ0n) is 12.2. The van der Waals surface area contributed by atoms with Crippen LogP contribution in [0.2, 0.25) is 0 Å². The molecule has 0 amide bonds. The van der Waals surface area contributed by atoms with Crippen LogP contribution in [0, 0.1) is 0 Å². The van der Waals surface area contributed by atoms with Crippen LogP contribution in [0.5, 0.6) is 0 Å². The number of hydrogen-bond donors (Lipinski definition) is 1. The van der Waals surface area contributed by atoms with Gasteiger partial charge in [-0.2, -0.15) is 5.10 Å². The molecule has 0 bridgehead atoms. The van der Waals surface area contributed by atoms with Crippen molar-refractivity contribution in [2.45, 2.75) is 57.9 Å². The van der Waals surface area contributed by atoms with Crippen LogP contribution in [0.1, 0.15) is 57.9 Å². The smallest absolute Gasteiger partial charge is 0.163 e. The minimum absolute atomic E-state index is 0.504. The highest BCUT2D eigenvalue weighted by atomic mass is 15.3. The van der Waals surface area contributed by atoms with Crippen molar-refractivity contribution in [3.63, 3.8) is 0 Å². The van der Waals surface area contributed by atoms with E-state index in [0.29, 0.717) is 6.04 Å². The van der Waals surface area contributed by atoms with Crippen molar-refractivity contribution in [1.29, 1.82) is 0 Å². The molecular formula is C15H23N5. The van der Waals surface area contributed by atoms with Crippen molar-refractivity contribution in [3.05, 3.63) is 12.5 Å². The van der Waals surface area contributed by atoms with E-state index in [2.05, 4.69) is 32.0 Å². The van der Waals surface area contributed by atoms with Gasteiger partial charge in [0.05, 0.1) is 17.6 Å². The van der Waals surface area contributed by atoms with E-state index in [1.165, 1.54) is 38.5 Å². The summed E-state index contributed by atoms with van der Waals surface area (Å²) in [5.74, 6) is 0.914. The Morgan fingerprint density at radius 3 is 2.75 bits per heavy atom. The lowest BCUT2D eigenvalue weighted by molar-refractivity contribution is 0.415. The van der Waals surface area contributed by atoms with E-state index >= 15 is 0 Å². The lowest BCUT2D eigenvalue weighted by Crippen LogP contribution is -2.10. The lowest BCUT2D eigenvalue weighted by atomic mass is 10.1. The number of anilines is 1. The Morgan fingerprint density at radius 2 is 2.00 bits per heavy atom. The summed E-state index contributed by atoms with van der Waals surface area (Å²) in [6.45, 7) is 3.08. The first-order chi connectivity index (χ1) is 9.90. The molecule has 1 saturated carbocycles. The number of fused-ring (bicyclic) bond motifs is 1. The lowest BCUT2D eigenvalue weighted by Gasteiger charge is -2.15. The zero-order valence-corrected chi connectivity index (χ0v) is 12.2. The Kier molecular flexibility index (Phi) is 4.14. The maximum Gasteiger partial charge on any atom is 0.163 e. The molecule has 0 radical (unpaired) electrons. The van der Waals surface area contributed by atoms with Gasteiger partial charge in [-0.25, -0.2) is 14.6 Å². The second-order valence-electron chi connectivity index (χ2n) is 5.62. The molecule has 0 aliphatic heterocycles.